The lowest BCUT2D eigenvalue weighted by Gasteiger charge is -2.14. The lowest BCUT2D eigenvalue weighted by Crippen LogP contribution is -2.15. The van der Waals surface area contributed by atoms with Crippen LogP contribution in [0.15, 0.2) is 42.5 Å². The van der Waals surface area contributed by atoms with E-state index in [1.807, 2.05) is 26.0 Å². The number of para-hydroxylation sites is 1. The Morgan fingerprint density at radius 1 is 1.14 bits per heavy atom. The van der Waals surface area contributed by atoms with Crippen molar-refractivity contribution in [2.45, 2.75) is 20.0 Å². The van der Waals surface area contributed by atoms with Crippen LogP contribution in [0, 0.1) is 0 Å². The first kappa shape index (κ1) is 14.3. The molecule has 5 heteroatoms. The second-order valence-corrected chi connectivity index (χ2v) is 5.18. The van der Waals surface area contributed by atoms with Crippen molar-refractivity contribution >= 4 is 11.6 Å². The van der Waals surface area contributed by atoms with Crippen LogP contribution in [0.2, 0.25) is 0 Å². The predicted molar refractivity (Wildman–Crippen MR) is 82.7 cm³/mol. The number of carbonyl (C=O) groups is 1. The molecular formula is C17H17NO4. The van der Waals surface area contributed by atoms with E-state index in [0.717, 1.165) is 0 Å². The number of amides is 1. The van der Waals surface area contributed by atoms with Crippen molar-refractivity contribution in [1.29, 1.82) is 0 Å². The molecule has 2 aromatic rings. The van der Waals surface area contributed by atoms with Gasteiger partial charge in [0.2, 0.25) is 6.79 Å². The summed E-state index contributed by atoms with van der Waals surface area (Å²) in [4.78, 5) is 12.5. The Morgan fingerprint density at radius 3 is 2.73 bits per heavy atom. The number of ether oxygens (including phenoxy) is 3. The molecule has 22 heavy (non-hydrogen) atoms. The molecular weight excluding hydrogens is 282 g/mol. The number of hydrogen-bond acceptors (Lipinski definition) is 4. The second-order valence-electron chi connectivity index (χ2n) is 5.18. The predicted octanol–water partition coefficient (Wildman–Crippen LogP) is 3.45. The number of nitrogens with one attached hydrogen (secondary N) is 1. The molecule has 0 fully saturated rings. The van der Waals surface area contributed by atoms with Gasteiger partial charge in [0.15, 0.2) is 11.5 Å². The van der Waals surface area contributed by atoms with E-state index >= 15 is 0 Å². The van der Waals surface area contributed by atoms with Gasteiger partial charge in [0.05, 0.1) is 11.7 Å². The molecule has 1 heterocycles. The third kappa shape index (κ3) is 2.98. The lowest BCUT2D eigenvalue weighted by atomic mass is 10.1. The van der Waals surface area contributed by atoms with E-state index in [1.54, 1.807) is 30.3 Å². The van der Waals surface area contributed by atoms with Crippen LogP contribution in [-0.2, 0) is 0 Å². The molecule has 0 atom stereocenters. The number of fused-ring (bicyclic) bond motifs is 1. The SMILES string of the molecule is CC(C)Oc1ccccc1C(=O)Nc1ccc2c(c1)OCO2. The average molecular weight is 299 g/mol. The van der Waals surface area contributed by atoms with Gasteiger partial charge in [-0.05, 0) is 38.1 Å². The standard InChI is InChI=1S/C17H17NO4/c1-11(2)22-14-6-4-3-5-13(14)17(19)18-12-7-8-15-16(9-12)21-10-20-15/h3-9,11H,10H2,1-2H3,(H,18,19). The summed E-state index contributed by atoms with van der Waals surface area (Å²) in [6, 6.07) is 12.5. The maximum Gasteiger partial charge on any atom is 0.259 e. The van der Waals surface area contributed by atoms with Gasteiger partial charge in [-0.25, -0.2) is 0 Å². The molecule has 0 aromatic heterocycles. The number of benzene rings is 2. The van der Waals surface area contributed by atoms with Crippen LogP contribution in [0.4, 0.5) is 5.69 Å². The van der Waals surface area contributed by atoms with Crippen molar-refractivity contribution in [2.75, 3.05) is 12.1 Å². The Hall–Kier alpha value is -2.69. The van der Waals surface area contributed by atoms with Gasteiger partial charge in [0.1, 0.15) is 5.75 Å². The van der Waals surface area contributed by atoms with Gasteiger partial charge in [-0.1, -0.05) is 12.1 Å². The highest BCUT2D eigenvalue weighted by Gasteiger charge is 2.16. The topological polar surface area (TPSA) is 56.8 Å². The van der Waals surface area contributed by atoms with Crippen molar-refractivity contribution < 1.29 is 19.0 Å². The van der Waals surface area contributed by atoms with Crippen molar-refractivity contribution in [3.8, 4) is 17.2 Å². The highest BCUT2D eigenvalue weighted by Crippen LogP contribution is 2.34. The molecule has 0 aliphatic carbocycles. The molecule has 1 amide bonds. The highest BCUT2D eigenvalue weighted by atomic mass is 16.7. The molecule has 2 aromatic carbocycles. The minimum atomic E-state index is -0.227. The van der Waals surface area contributed by atoms with E-state index in [9.17, 15) is 4.79 Å². The normalized spacial score (nSPS) is 12.3. The quantitative estimate of drug-likeness (QED) is 0.939. The van der Waals surface area contributed by atoms with Crippen LogP contribution in [0.25, 0.3) is 0 Å². The molecule has 1 N–H and O–H groups in total. The van der Waals surface area contributed by atoms with E-state index < -0.39 is 0 Å². The van der Waals surface area contributed by atoms with Gasteiger partial charge >= 0.3 is 0 Å². The van der Waals surface area contributed by atoms with Crippen LogP contribution in [0.1, 0.15) is 24.2 Å². The monoisotopic (exact) mass is 299 g/mol. The molecule has 1 aliphatic heterocycles. The Balaban J connectivity index is 1.80. The minimum Gasteiger partial charge on any atom is -0.490 e. The fourth-order valence-electron chi connectivity index (χ4n) is 2.18. The molecule has 3 rings (SSSR count). The van der Waals surface area contributed by atoms with Crippen molar-refractivity contribution in [1.82, 2.24) is 0 Å². The Labute approximate surface area is 128 Å². The van der Waals surface area contributed by atoms with Crippen molar-refractivity contribution in [2.24, 2.45) is 0 Å². The molecule has 0 bridgehead atoms. The fraction of sp³-hybridized carbons (Fsp3) is 0.235. The zero-order valence-corrected chi connectivity index (χ0v) is 12.5. The molecule has 0 saturated carbocycles. The van der Waals surface area contributed by atoms with Gasteiger partial charge in [0, 0.05) is 11.8 Å². The molecule has 0 radical (unpaired) electrons. The molecule has 0 unspecified atom stereocenters. The third-order valence-electron chi connectivity index (χ3n) is 3.12. The fourth-order valence-corrected chi connectivity index (χ4v) is 2.18. The van der Waals surface area contributed by atoms with E-state index in [2.05, 4.69) is 5.32 Å². The zero-order valence-electron chi connectivity index (χ0n) is 12.5. The first-order chi connectivity index (χ1) is 10.6. The summed E-state index contributed by atoms with van der Waals surface area (Å²) in [7, 11) is 0. The largest absolute Gasteiger partial charge is 0.490 e. The second kappa shape index (κ2) is 5.97. The van der Waals surface area contributed by atoms with E-state index in [1.165, 1.54) is 0 Å². The van der Waals surface area contributed by atoms with Crippen LogP contribution >= 0.6 is 0 Å². The van der Waals surface area contributed by atoms with Crippen LogP contribution in [0.5, 0.6) is 17.2 Å². The van der Waals surface area contributed by atoms with Crippen LogP contribution in [-0.4, -0.2) is 18.8 Å². The average Bonchev–Trinajstić information content (AvgIpc) is 2.94. The van der Waals surface area contributed by atoms with Gasteiger partial charge < -0.3 is 19.5 Å². The molecule has 0 spiro atoms. The molecule has 0 saturated heterocycles. The Kier molecular flexibility index (Phi) is 3.87. The van der Waals surface area contributed by atoms with Gasteiger partial charge in [-0.2, -0.15) is 0 Å². The first-order valence-electron chi connectivity index (χ1n) is 7.10. The van der Waals surface area contributed by atoms with Crippen LogP contribution in [0.3, 0.4) is 0 Å². The van der Waals surface area contributed by atoms with Crippen molar-refractivity contribution in [3.63, 3.8) is 0 Å². The van der Waals surface area contributed by atoms with Gasteiger partial charge in [-0.15, -0.1) is 0 Å². The number of anilines is 1. The summed E-state index contributed by atoms with van der Waals surface area (Å²) < 4.78 is 16.2. The molecule has 114 valence electrons. The third-order valence-corrected chi connectivity index (χ3v) is 3.12. The summed E-state index contributed by atoms with van der Waals surface area (Å²) >= 11 is 0. The van der Waals surface area contributed by atoms with E-state index in [4.69, 9.17) is 14.2 Å². The number of hydrogen-bond donors (Lipinski definition) is 1. The molecule has 1 aliphatic rings. The summed E-state index contributed by atoms with van der Waals surface area (Å²) in [6.07, 6.45) is -0.000469. The van der Waals surface area contributed by atoms with Gasteiger partial charge in [0.25, 0.3) is 5.91 Å². The maximum atomic E-state index is 12.5. The minimum absolute atomic E-state index is 0.000469. The van der Waals surface area contributed by atoms with Crippen LogP contribution < -0.4 is 19.5 Å². The summed E-state index contributed by atoms with van der Waals surface area (Å²) in [5.74, 6) is 1.65. The Bertz CT molecular complexity index is 697. The summed E-state index contributed by atoms with van der Waals surface area (Å²) in [5, 5.41) is 2.85. The molecule has 5 nitrogen and oxygen atoms in total. The van der Waals surface area contributed by atoms with Gasteiger partial charge in [-0.3, -0.25) is 4.79 Å². The maximum absolute atomic E-state index is 12.5. The first-order valence-corrected chi connectivity index (χ1v) is 7.10. The van der Waals surface area contributed by atoms with E-state index in [-0.39, 0.29) is 18.8 Å². The van der Waals surface area contributed by atoms with E-state index in [0.29, 0.717) is 28.5 Å². The summed E-state index contributed by atoms with van der Waals surface area (Å²) in [5.41, 5.74) is 1.14. The highest BCUT2D eigenvalue weighted by molar-refractivity contribution is 6.06. The zero-order chi connectivity index (χ0) is 15.5. The number of carbonyl (C=O) groups excluding carboxylic acids is 1. The summed E-state index contributed by atoms with van der Waals surface area (Å²) in [6.45, 7) is 4.05. The van der Waals surface area contributed by atoms with Crippen molar-refractivity contribution in [3.05, 3.63) is 48.0 Å². The smallest absolute Gasteiger partial charge is 0.259 e. The number of rotatable bonds is 4. The lowest BCUT2D eigenvalue weighted by molar-refractivity contribution is 0.102. The Morgan fingerprint density at radius 2 is 1.91 bits per heavy atom.